The van der Waals surface area contributed by atoms with Gasteiger partial charge in [-0.25, -0.2) is 14.8 Å². The highest BCUT2D eigenvalue weighted by atomic mass is 16.5. The Hall–Kier alpha value is -3.46. The number of hydrogen-bond donors (Lipinski definition) is 2. The molecule has 1 fully saturated rings. The zero-order valence-electron chi connectivity index (χ0n) is 16.4. The van der Waals surface area contributed by atoms with Crippen LogP contribution in [0.15, 0.2) is 36.8 Å². The van der Waals surface area contributed by atoms with Crippen molar-refractivity contribution in [1.29, 1.82) is 0 Å². The van der Waals surface area contributed by atoms with Gasteiger partial charge in [-0.2, -0.15) is 0 Å². The van der Waals surface area contributed by atoms with Crippen LogP contribution in [0.2, 0.25) is 0 Å². The molecule has 30 heavy (non-hydrogen) atoms. The molecule has 1 aromatic carbocycles. The molecule has 9 nitrogen and oxygen atoms in total. The molecular formula is C21H21N5O4. The van der Waals surface area contributed by atoms with Crippen molar-refractivity contribution < 1.29 is 19.4 Å². The van der Waals surface area contributed by atoms with Gasteiger partial charge in [-0.05, 0) is 50.5 Å². The Bertz CT molecular complexity index is 1180. The summed E-state index contributed by atoms with van der Waals surface area (Å²) in [6.45, 7) is 2.37. The third kappa shape index (κ3) is 2.98. The Morgan fingerprint density at radius 3 is 2.80 bits per heavy atom. The number of fused-ring (bicyclic) bond motifs is 2. The van der Waals surface area contributed by atoms with Crippen LogP contribution in [0.25, 0.3) is 10.9 Å². The van der Waals surface area contributed by atoms with Crippen molar-refractivity contribution in [3.8, 4) is 11.6 Å². The number of rotatable bonds is 3. The Kier molecular flexibility index (Phi) is 4.04. The largest absolute Gasteiger partial charge is 0.464 e. The van der Waals surface area contributed by atoms with Crippen LogP contribution in [0, 0.1) is 0 Å². The van der Waals surface area contributed by atoms with Gasteiger partial charge in [0.15, 0.2) is 0 Å². The van der Waals surface area contributed by atoms with E-state index in [2.05, 4.69) is 9.97 Å². The van der Waals surface area contributed by atoms with E-state index < -0.39 is 11.6 Å². The Labute approximate surface area is 172 Å². The summed E-state index contributed by atoms with van der Waals surface area (Å²) < 4.78 is 7.20. The average molecular weight is 407 g/mol. The quantitative estimate of drug-likeness (QED) is 0.684. The van der Waals surface area contributed by atoms with Gasteiger partial charge in [-0.1, -0.05) is 0 Å². The van der Waals surface area contributed by atoms with Crippen molar-refractivity contribution >= 4 is 22.9 Å². The molecule has 3 N–H and O–H groups in total. The molecule has 1 saturated carbocycles. The number of carboxylic acid groups (broad SMARTS) is 1. The molecule has 1 amide bonds. The van der Waals surface area contributed by atoms with E-state index in [0.717, 1.165) is 34.1 Å². The van der Waals surface area contributed by atoms with Crippen LogP contribution >= 0.6 is 0 Å². The number of nitrogens with two attached hydrogens (primary N) is 1. The fourth-order valence-electron chi connectivity index (χ4n) is 3.95. The fourth-order valence-corrected chi connectivity index (χ4v) is 3.95. The number of ether oxygens (including phenoxy) is 1. The molecule has 154 valence electrons. The lowest BCUT2D eigenvalue weighted by Gasteiger charge is -2.36. The minimum Gasteiger partial charge on any atom is -0.464 e. The predicted molar refractivity (Wildman–Crippen MR) is 107 cm³/mol. The van der Waals surface area contributed by atoms with E-state index in [0.29, 0.717) is 30.1 Å². The molecule has 0 bridgehead atoms. The standard InChI is InChI=1S/C21H21N5O4/c1-12-8-15-16(10-26(12)19(27)21(22)5-6-21)23-11-24-18(15)30-14-2-3-17-13(9-14)4-7-25(17)20(28)29/h2-4,7,9,11-12H,5-6,8,10,22H2,1H3,(H,28,29). The lowest BCUT2D eigenvalue weighted by molar-refractivity contribution is -0.136. The first-order chi connectivity index (χ1) is 14.4. The molecule has 1 aliphatic carbocycles. The van der Waals surface area contributed by atoms with Gasteiger partial charge in [0.2, 0.25) is 11.8 Å². The number of hydrogen-bond acceptors (Lipinski definition) is 6. The first-order valence-electron chi connectivity index (χ1n) is 9.81. The predicted octanol–water partition coefficient (Wildman–Crippen LogP) is 2.51. The average Bonchev–Trinajstić information content (AvgIpc) is 3.33. The fraction of sp³-hybridized carbons (Fsp3) is 0.333. The maximum absolute atomic E-state index is 12.7. The van der Waals surface area contributed by atoms with Crippen LogP contribution in [-0.4, -0.2) is 48.1 Å². The maximum atomic E-state index is 12.7. The second kappa shape index (κ2) is 6.53. The summed E-state index contributed by atoms with van der Waals surface area (Å²) in [5.41, 5.74) is 7.62. The van der Waals surface area contributed by atoms with Crippen molar-refractivity contribution in [2.24, 2.45) is 5.73 Å². The lowest BCUT2D eigenvalue weighted by Crippen LogP contribution is -2.51. The molecule has 3 heterocycles. The Morgan fingerprint density at radius 2 is 2.07 bits per heavy atom. The van der Waals surface area contributed by atoms with Crippen LogP contribution in [0.3, 0.4) is 0 Å². The second-order valence-corrected chi connectivity index (χ2v) is 8.04. The summed E-state index contributed by atoms with van der Waals surface area (Å²) in [6, 6.07) is 6.87. The molecule has 9 heteroatoms. The first-order valence-corrected chi connectivity index (χ1v) is 9.81. The van der Waals surface area contributed by atoms with Crippen molar-refractivity contribution in [3.63, 3.8) is 0 Å². The smallest absolute Gasteiger partial charge is 0.415 e. The van der Waals surface area contributed by atoms with Gasteiger partial charge in [0.25, 0.3) is 0 Å². The third-order valence-corrected chi connectivity index (χ3v) is 5.90. The SMILES string of the molecule is CC1Cc2c(ncnc2Oc2ccc3c(ccn3C(=O)O)c2)CN1C(=O)C1(N)CC1. The molecule has 3 aromatic rings. The summed E-state index contributed by atoms with van der Waals surface area (Å²) in [6.07, 6.45) is 3.92. The molecular weight excluding hydrogens is 386 g/mol. The van der Waals surface area contributed by atoms with E-state index in [4.69, 9.17) is 10.5 Å². The van der Waals surface area contributed by atoms with Crippen LogP contribution in [0.1, 0.15) is 31.0 Å². The zero-order valence-corrected chi connectivity index (χ0v) is 16.4. The molecule has 1 unspecified atom stereocenters. The summed E-state index contributed by atoms with van der Waals surface area (Å²) in [5.74, 6) is 0.983. The number of amides is 1. The van der Waals surface area contributed by atoms with Gasteiger partial charge in [0.05, 0.1) is 23.3 Å². The van der Waals surface area contributed by atoms with Gasteiger partial charge < -0.3 is 20.5 Å². The minimum absolute atomic E-state index is 0.0184. The highest BCUT2D eigenvalue weighted by Crippen LogP contribution is 2.38. The normalized spacial score (nSPS) is 19.4. The van der Waals surface area contributed by atoms with Crippen molar-refractivity contribution in [1.82, 2.24) is 19.4 Å². The summed E-state index contributed by atoms with van der Waals surface area (Å²) >= 11 is 0. The molecule has 1 atom stereocenters. The summed E-state index contributed by atoms with van der Waals surface area (Å²) in [7, 11) is 0. The highest BCUT2D eigenvalue weighted by molar-refractivity contribution is 5.90. The van der Waals surface area contributed by atoms with E-state index in [1.807, 2.05) is 6.92 Å². The van der Waals surface area contributed by atoms with E-state index in [1.165, 1.54) is 12.5 Å². The van der Waals surface area contributed by atoms with E-state index in [1.54, 1.807) is 29.2 Å². The van der Waals surface area contributed by atoms with E-state index >= 15 is 0 Å². The van der Waals surface area contributed by atoms with Gasteiger partial charge in [0, 0.05) is 23.2 Å². The molecule has 2 aromatic heterocycles. The van der Waals surface area contributed by atoms with E-state index in [9.17, 15) is 14.7 Å². The van der Waals surface area contributed by atoms with Gasteiger partial charge in [-0.3, -0.25) is 9.36 Å². The molecule has 5 rings (SSSR count). The summed E-state index contributed by atoms with van der Waals surface area (Å²) in [5, 5.41) is 9.98. The van der Waals surface area contributed by atoms with Gasteiger partial charge >= 0.3 is 6.09 Å². The maximum Gasteiger partial charge on any atom is 0.415 e. The molecule has 2 aliphatic rings. The van der Waals surface area contributed by atoms with Gasteiger partial charge in [-0.15, -0.1) is 0 Å². The number of carbonyl (C=O) groups is 2. The monoisotopic (exact) mass is 407 g/mol. The zero-order chi connectivity index (χ0) is 21.0. The molecule has 0 radical (unpaired) electrons. The van der Waals surface area contributed by atoms with E-state index in [-0.39, 0.29) is 11.9 Å². The number of benzene rings is 1. The highest BCUT2D eigenvalue weighted by Gasteiger charge is 2.49. The van der Waals surface area contributed by atoms with Crippen molar-refractivity contribution in [2.45, 2.75) is 44.3 Å². The lowest BCUT2D eigenvalue weighted by atomic mass is 9.98. The third-order valence-electron chi connectivity index (χ3n) is 5.90. The van der Waals surface area contributed by atoms with Crippen LogP contribution in [0.4, 0.5) is 4.79 Å². The topological polar surface area (TPSA) is 124 Å². The number of aromatic nitrogens is 3. The number of carbonyl (C=O) groups excluding carboxylic acids is 1. The first kappa shape index (κ1) is 18.6. The number of nitrogens with zero attached hydrogens (tertiary/aromatic N) is 4. The van der Waals surface area contributed by atoms with Gasteiger partial charge in [0.1, 0.15) is 12.1 Å². The minimum atomic E-state index is -1.04. The van der Waals surface area contributed by atoms with Crippen LogP contribution in [0.5, 0.6) is 11.6 Å². The molecule has 1 aliphatic heterocycles. The Balaban J connectivity index is 1.43. The van der Waals surface area contributed by atoms with Crippen molar-refractivity contribution in [3.05, 3.63) is 48.0 Å². The van der Waals surface area contributed by atoms with Crippen LogP contribution < -0.4 is 10.5 Å². The van der Waals surface area contributed by atoms with Crippen LogP contribution in [-0.2, 0) is 17.8 Å². The second-order valence-electron chi connectivity index (χ2n) is 8.04. The van der Waals surface area contributed by atoms with Crippen molar-refractivity contribution in [2.75, 3.05) is 0 Å². The molecule has 0 saturated heterocycles. The molecule has 0 spiro atoms. The Morgan fingerprint density at radius 1 is 1.27 bits per heavy atom. The summed E-state index contributed by atoms with van der Waals surface area (Å²) in [4.78, 5) is 34.5.